The van der Waals surface area contributed by atoms with Crippen molar-refractivity contribution in [1.29, 1.82) is 0 Å². The number of amides is 1. The van der Waals surface area contributed by atoms with Crippen LogP contribution in [0.4, 0.5) is 0 Å². The number of ether oxygens (including phenoxy) is 1. The average molecular weight is 436 g/mol. The summed E-state index contributed by atoms with van der Waals surface area (Å²) >= 11 is 0. The van der Waals surface area contributed by atoms with Gasteiger partial charge in [0, 0.05) is 30.3 Å². The van der Waals surface area contributed by atoms with Gasteiger partial charge < -0.3 is 19.2 Å². The van der Waals surface area contributed by atoms with Gasteiger partial charge in [-0.2, -0.15) is 0 Å². The third kappa shape index (κ3) is 6.23. The minimum Gasteiger partial charge on any atom is -0.493 e. The molecule has 1 heterocycles. The topological polar surface area (TPSA) is 80.0 Å². The zero-order valence-corrected chi connectivity index (χ0v) is 18.5. The van der Waals surface area contributed by atoms with Gasteiger partial charge in [0.25, 0.3) is 5.91 Å². The Bertz CT molecular complexity index is 1010. The molecule has 6 nitrogen and oxygen atoms in total. The molecule has 1 aromatic heterocycles. The lowest BCUT2D eigenvalue weighted by Crippen LogP contribution is -2.26. The molecule has 0 saturated heterocycles. The predicted molar refractivity (Wildman–Crippen MR) is 123 cm³/mol. The number of unbranched alkanes of at least 4 members (excludes halogenated alkanes) is 1. The van der Waals surface area contributed by atoms with Gasteiger partial charge >= 0.3 is 5.97 Å². The molecule has 1 amide bonds. The van der Waals surface area contributed by atoms with Gasteiger partial charge in [0.15, 0.2) is 0 Å². The maximum Gasteiger partial charge on any atom is 0.306 e. The molecule has 0 spiro atoms. The Morgan fingerprint density at radius 1 is 1.03 bits per heavy atom. The second kappa shape index (κ2) is 11.2. The molecule has 0 aliphatic rings. The maximum atomic E-state index is 12.9. The van der Waals surface area contributed by atoms with Gasteiger partial charge in [-0.25, -0.2) is 0 Å². The molecule has 0 saturated carbocycles. The van der Waals surface area contributed by atoms with E-state index < -0.39 is 5.97 Å². The van der Waals surface area contributed by atoms with Gasteiger partial charge in [-0.15, -0.1) is 0 Å². The number of furan rings is 1. The van der Waals surface area contributed by atoms with Crippen molar-refractivity contribution >= 4 is 11.9 Å². The van der Waals surface area contributed by atoms with E-state index in [0.29, 0.717) is 25.1 Å². The summed E-state index contributed by atoms with van der Waals surface area (Å²) in [6.07, 6.45) is 3.83. The zero-order chi connectivity index (χ0) is 22.9. The van der Waals surface area contributed by atoms with Gasteiger partial charge in [-0.05, 0) is 49.6 Å². The summed E-state index contributed by atoms with van der Waals surface area (Å²) in [7, 11) is 1.77. The molecular formula is C26H29NO5. The molecule has 1 unspecified atom stereocenters. The van der Waals surface area contributed by atoms with Crippen LogP contribution in [0, 0.1) is 5.92 Å². The fourth-order valence-electron chi connectivity index (χ4n) is 3.40. The Hall–Kier alpha value is -3.54. The van der Waals surface area contributed by atoms with E-state index in [4.69, 9.17) is 14.3 Å². The van der Waals surface area contributed by atoms with Crippen LogP contribution in [0.1, 0.15) is 42.1 Å². The van der Waals surface area contributed by atoms with Crippen molar-refractivity contribution in [2.75, 3.05) is 13.7 Å². The van der Waals surface area contributed by atoms with Crippen LogP contribution in [-0.2, 0) is 11.3 Å². The number of hydrogen-bond acceptors (Lipinski definition) is 4. The van der Waals surface area contributed by atoms with Crippen LogP contribution in [0.15, 0.2) is 71.3 Å². The summed E-state index contributed by atoms with van der Waals surface area (Å²) in [5.74, 6) is 0.329. The van der Waals surface area contributed by atoms with Gasteiger partial charge in [0.2, 0.25) is 0 Å². The minimum atomic E-state index is -0.764. The van der Waals surface area contributed by atoms with E-state index in [9.17, 15) is 9.59 Å². The first-order valence-corrected chi connectivity index (χ1v) is 10.8. The molecule has 0 bridgehead atoms. The summed E-state index contributed by atoms with van der Waals surface area (Å²) in [5.41, 5.74) is 2.45. The highest BCUT2D eigenvalue weighted by Gasteiger charge is 2.15. The number of aliphatic carboxylic acids is 1. The van der Waals surface area contributed by atoms with E-state index in [1.54, 1.807) is 37.3 Å². The Balaban J connectivity index is 1.55. The fourth-order valence-corrected chi connectivity index (χ4v) is 3.40. The summed E-state index contributed by atoms with van der Waals surface area (Å²) in [4.78, 5) is 25.4. The molecule has 0 radical (unpaired) electrons. The van der Waals surface area contributed by atoms with Crippen LogP contribution in [0.25, 0.3) is 11.3 Å². The lowest BCUT2D eigenvalue weighted by molar-refractivity contribution is -0.141. The van der Waals surface area contributed by atoms with E-state index in [1.807, 2.05) is 48.5 Å². The highest BCUT2D eigenvalue weighted by Crippen LogP contribution is 2.23. The molecule has 32 heavy (non-hydrogen) atoms. The largest absolute Gasteiger partial charge is 0.493 e. The van der Waals surface area contributed by atoms with Crippen molar-refractivity contribution in [1.82, 2.24) is 4.90 Å². The predicted octanol–water partition coefficient (Wildman–Crippen LogP) is 5.49. The summed E-state index contributed by atoms with van der Waals surface area (Å²) in [6, 6.07) is 18.7. The van der Waals surface area contributed by atoms with Crippen molar-refractivity contribution in [3.05, 3.63) is 78.1 Å². The third-order valence-electron chi connectivity index (χ3n) is 5.37. The molecule has 3 aromatic rings. The van der Waals surface area contributed by atoms with Crippen molar-refractivity contribution < 1.29 is 23.8 Å². The molecule has 3 rings (SSSR count). The highest BCUT2D eigenvalue weighted by molar-refractivity contribution is 5.94. The SMILES string of the molecule is CC(CCCCOc1ccccc1CN(C)C(=O)c1ccc(-c2ccco2)cc1)C(=O)O. The normalized spacial score (nSPS) is 11.7. The average Bonchev–Trinajstić information content (AvgIpc) is 3.34. The van der Waals surface area contributed by atoms with E-state index in [1.165, 1.54) is 0 Å². The number of benzene rings is 2. The number of rotatable bonds is 11. The Morgan fingerprint density at radius 2 is 1.78 bits per heavy atom. The molecular weight excluding hydrogens is 406 g/mol. The number of carboxylic acids is 1. The molecule has 1 atom stereocenters. The second-order valence-electron chi connectivity index (χ2n) is 7.91. The third-order valence-corrected chi connectivity index (χ3v) is 5.37. The number of para-hydroxylation sites is 1. The molecule has 0 aliphatic heterocycles. The molecule has 0 aliphatic carbocycles. The van der Waals surface area contributed by atoms with Crippen LogP contribution in [0.5, 0.6) is 5.75 Å². The first kappa shape index (κ1) is 23.1. The quantitative estimate of drug-likeness (QED) is 0.403. The summed E-state index contributed by atoms with van der Waals surface area (Å²) < 4.78 is 11.3. The second-order valence-corrected chi connectivity index (χ2v) is 7.91. The number of carbonyl (C=O) groups is 2. The van der Waals surface area contributed by atoms with Crippen molar-refractivity contribution in [3.8, 4) is 17.1 Å². The number of hydrogen-bond donors (Lipinski definition) is 1. The number of nitrogens with zero attached hydrogens (tertiary/aromatic N) is 1. The number of carbonyl (C=O) groups excluding carboxylic acids is 1. The fraction of sp³-hybridized carbons (Fsp3) is 0.308. The van der Waals surface area contributed by atoms with Crippen LogP contribution < -0.4 is 4.74 Å². The van der Waals surface area contributed by atoms with E-state index in [2.05, 4.69) is 0 Å². The lowest BCUT2D eigenvalue weighted by atomic mass is 10.1. The minimum absolute atomic E-state index is 0.0755. The van der Waals surface area contributed by atoms with E-state index in [-0.39, 0.29) is 11.8 Å². The van der Waals surface area contributed by atoms with E-state index >= 15 is 0 Å². The van der Waals surface area contributed by atoms with Crippen molar-refractivity contribution in [2.45, 2.75) is 32.7 Å². The first-order valence-electron chi connectivity index (χ1n) is 10.8. The van der Waals surface area contributed by atoms with Gasteiger partial charge in [0.1, 0.15) is 11.5 Å². The highest BCUT2D eigenvalue weighted by atomic mass is 16.5. The van der Waals surface area contributed by atoms with E-state index in [0.717, 1.165) is 35.5 Å². The smallest absolute Gasteiger partial charge is 0.306 e. The maximum absolute atomic E-state index is 12.9. The van der Waals surface area contributed by atoms with Crippen LogP contribution in [0.3, 0.4) is 0 Å². The Kier molecular flexibility index (Phi) is 8.08. The summed E-state index contributed by atoms with van der Waals surface area (Å²) in [5, 5.41) is 8.95. The van der Waals surface area contributed by atoms with Crippen LogP contribution in [-0.4, -0.2) is 35.5 Å². The van der Waals surface area contributed by atoms with Crippen molar-refractivity contribution in [3.63, 3.8) is 0 Å². The van der Waals surface area contributed by atoms with Gasteiger partial charge in [0.05, 0.1) is 18.8 Å². The summed E-state index contributed by atoms with van der Waals surface area (Å²) in [6.45, 7) is 2.65. The van der Waals surface area contributed by atoms with Crippen LogP contribution >= 0.6 is 0 Å². The first-order chi connectivity index (χ1) is 15.5. The lowest BCUT2D eigenvalue weighted by Gasteiger charge is -2.20. The molecule has 6 heteroatoms. The Labute approximate surface area is 188 Å². The molecule has 0 fully saturated rings. The van der Waals surface area contributed by atoms with Gasteiger partial charge in [-0.3, -0.25) is 9.59 Å². The number of carboxylic acid groups (broad SMARTS) is 1. The standard InChI is InChI=1S/C26H29NO5/c1-19(26(29)30)8-5-6-16-31-24-10-4-3-9-22(24)18-27(2)25(28)21-14-12-20(13-15-21)23-11-7-17-32-23/h3-4,7,9-15,17,19H,5-6,8,16,18H2,1-2H3,(H,29,30). The van der Waals surface area contributed by atoms with Crippen LogP contribution in [0.2, 0.25) is 0 Å². The monoisotopic (exact) mass is 435 g/mol. The molecule has 2 aromatic carbocycles. The van der Waals surface area contributed by atoms with Crippen molar-refractivity contribution in [2.24, 2.45) is 5.92 Å². The van der Waals surface area contributed by atoms with Gasteiger partial charge in [-0.1, -0.05) is 37.3 Å². The molecule has 168 valence electrons. The Morgan fingerprint density at radius 3 is 2.47 bits per heavy atom. The molecule has 1 N–H and O–H groups in total. The zero-order valence-electron chi connectivity index (χ0n) is 18.5.